The highest BCUT2D eigenvalue weighted by Gasteiger charge is 2.15. The predicted molar refractivity (Wildman–Crippen MR) is 88.0 cm³/mol. The van der Waals surface area contributed by atoms with E-state index in [1.807, 2.05) is 0 Å². The summed E-state index contributed by atoms with van der Waals surface area (Å²) >= 11 is 0. The van der Waals surface area contributed by atoms with E-state index in [2.05, 4.69) is 14.8 Å². The summed E-state index contributed by atoms with van der Waals surface area (Å²) in [4.78, 5) is 23.4. The van der Waals surface area contributed by atoms with E-state index < -0.39 is 12.6 Å². The molecular formula is C18H19F2NO5. The van der Waals surface area contributed by atoms with E-state index in [0.717, 1.165) is 5.56 Å². The summed E-state index contributed by atoms with van der Waals surface area (Å²) < 4.78 is 38.5. The number of halogens is 2. The number of furan rings is 1. The van der Waals surface area contributed by atoms with Gasteiger partial charge in [0.2, 0.25) is 5.91 Å². The number of benzene rings is 1. The van der Waals surface area contributed by atoms with E-state index in [4.69, 9.17) is 4.42 Å². The van der Waals surface area contributed by atoms with E-state index in [9.17, 15) is 18.4 Å². The maximum absolute atomic E-state index is 12.1. The zero-order valence-electron chi connectivity index (χ0n) is 14.4. The average molecular weight is 367 g/mol. The number of amides is 1. The monoisotopic (exact) mass is 367 g/mol. The van der Waals surface area contributed by atoms with Gasteiger partial charge in [0.15, 0.2) is 0 Å². The van der Waals surface area contributed by atoms with Crippen molar-refractivity contribution < 1.29 is 32.3 Å². The number of rotatable bonds is 8. The topological polar surface area (TPSA) is 77.8 Å². The Kier molecular flexibility index (Phi) is 6.71. The molecule has 6 nitrogen and oxygen atoms in total. The van der Waals surface area contributed by atoms with Crippen LogP contribution in [0.15, 0.2) is 34.7 Å². The molecule has 0 radical (unpaired) electrons. The summed E-state index contributed by atoms with van der Waals surface area (Å²) in [5, 5.41) is 2.70. The Bertz CT molecular complexity index is 755. The minimum absolute atomic E-state index is 0.0720. The molecule has 8 heteroatoms. The number of hydrogen-bond donors (Lipinski definition) is 1. The molecule has 1 heterocycles. The van der Waals surface area contributed by atoms with E-state index >= 15 is 0 Å². The van der Waals surface area contributed by atoms with Gasteiger partial charge in [-0.25, -0.2) is 4.79 Å². The number of ether oxygens (including phenoxy) is 2. The maximum atomic E-state index is 12.1. The van der Waals surface area contributed by atoms with Gasteiger partial charge in [0.1, 0.15) is 22.8 Å². The number of aryl methyl sites for hydroxylation is 2. The lowest BCUT2D eigenvalue weighted by Gasteiger charge is -2.06. The van der Waals surface area contributed by atoms with Crippen molar-refractivity contribution in [3.8, 4) is 5.75 Å². The highest BCUT2D eigenvalue weighted by Crippen LogP contribution is 2.17. The van der Waals surface area contributed by atoms with Crippen LogP contribution in [-0.2, 0) is 22.5 Å². The third kappa shape index (κ3) is 5.58. The quantitative estimate of drug-likeness (QED) is 0.725. The van der Waals surface area contributed by atoms with E-state index in [-0.39, 0.29) is 24.6 Å². The minimum Gasteiger partial charge on any atom is -0.465 e. The van der Waals surface area contributed by atoms with Crippen LogP contribution in [0, 0.1) is 6.92 Å². The second-order valence-corrected chi connectivity index (χ2v) is 5.47. The molecule has 1 amide bonds. The van der Waals surface area contributed by atoms with Gasteiger partial charge in [-0.05, 0) is 37.1 Å². The minimum atomic E-state index is -2.86. The first-order chi connectivity index (χ1) is 12.4. The van der Waals surface area contributed by atoms with Gasteiger partial charge in [0.25, 0.3) is 0 Å². The lowest BCUT2D eigenvalue weighted by molar-refractivity contribution is -0.121. The Balaban J connectivity index is 1.79. The van der Waals surface area contributed by atoms with Crippen molar-refractivity contribution in [3.63, 3.8) is 0 Å². The molecule has 0 spiro atoms. The van der Waals surface area contributed by atoms with Crippen molar-refractivity contribution in [2.75, 3.05) is 7.11 Å². The number of esters is 1. The summed E-state index contributed by atoms with van der Waals surface area (Å²) in [5.41, 5.74) is 1.14. The number of nitrogens with one attached hydrogen (secondary N) is 1. The molecule has 140 valence electrons. The Labute approximate surface area is 149 Å². The van der Waals surface area contributed by atoms with Crippen LogP contribution in [0.4, 0.5) is 8.78 Å². The largest absolute Gasteiger partial charge is 0.465 e. The van der Waals surface area contributed by atoms with Gasteiger partial charge in [-0.2, -0.15) is 8.78 Å². The molecule has 2 aromatic rings. The Morgan fingerprint density at radius 1 is 1.23 bits per heavy atom. The van der Waals surface area contributed by atoms with Gasteiger partial charge in [-0.1, -0.05) is 12.1 Å². The molecule has 0 aliphatic rings. The van der Waals surface area contributed by atoms with E-state index in [1.165, 1.54) is 25.3 Å². The number of hydrogen-bond acceptors (Lipinski definition) is 5. The summed E-state index contributed by atoms with van der Waals surface area (Å²) in [6.07, 6.45) is 0.671. The highest BCUT2D eigenvalue weighted by molar-refractivity contribution is 5.90. The van der Waals surface area contributed by atoms with Crippen LogP contribution < -0.4 is 10.1 Å². The number of carbonyl (C=O) groups excluding carboxylic acids is 2. The first-order valence-corrected chi connectivity index (χ1v) is 7.87. The molecule has 1 N–H and O–H groups in total. The predicted octanol–water partition coefficient (Wildman–Crippen LogP) is 3.23. The molecule has 0 saturated carbocycles. The molecule has 1 aromatic heterocycles. The Morgan fingerprint density at radius 3 is 2.54 bits per heavy atom. The van der Waals surface area contributed by atoms with Crippen LogP contribution in [0.3, 0.4) is 0 Å². The molecule has 0 saturated heterocycles. The molecule has 1 aromatic carbocycles. The highest BCUT2D eigenvalue weighted by atomic mass is 19.3. The third-order valence-corrected chi connectivity index (χ3v) is 3.62. The van der Waals surface area contributed by atoms with Gasteiger partial charge in [-0.3, -0.25) is 4.79 Å². The van der Waals surface area contributed by atoms with Crippen LogP contribution in [-0.4, -0.2) is 25.6 Å². The average Bonchev–Trinajstić information content (AvgIpc) is 2.99. The zero-order chi connectivity index (χ0) is 19.1. The molecule has 0 unspecified atom stereocenters. The van der Waals surface area contributed by atoms with Crippen molar-refractivity contribution in [1.82, 2.24) is 5.32 Å². The lowest BCUT2D eigenvalue weighted by Crippen LogP contribution is -2.22. The smallest absolute Gasteiger partial charge is 0.387 e. The van der Waals surface area contributed by atoms with E-state index in [0.29, 0.717) is 23.5 Å². The van der Waals surface area contributed by atoms with Crippen LogP contribution in [0.25, 0.3) is 0 Å². The third-order valence-electron chi connectivity index (χ3n) is 3.62. The normalized spacial score (nSPS) is 10.7. The molecule has 0 atom stereocenters. The first-order valence-electron chi connectivity index (χ1n) is 7.87. The summed E-state index contributed by atoms with van der Waals surface area (Å²) in [5.74, 6) is 0.245. The van der Waals surface area contributed by atoms with Gasteiger partial charge in [0, 0.05) is 6.42 Å². The molecule has 2 rings (SSSR count). The fourth-order valence-electron chi connectivity index (χ4n) is 2.31. The van der Waals surface area contributed by atoms with Crippen molar-refractivity contribution in [2.24, 2.45) is 0 Å². The Hall–Kier alpha value is -2.90. The van der Waals surface area contributed by atoms with Crippen molar-refractivity contribution in [1.29, 1.82) is 0 Å². The number of methoxy groups -OCH3 is 1. The van der Waals surface area contributed by atoms with E-state index in [1.54, 1.807) is 19.1 Å². The molecule has 0 bridgehead atoms. The molecule has 26 heavy (non-hydrogen) atoms. The Morgan fingerprint density at radius 2 is 1.92 bits per heavy atom. The van der Waals surface area contributed by atoms with Crippen molar-refractivity contribution in [2.45, 2.75) is 32.9 Å². The second kappa shape index (κ2) is 8.98. The van der Waals surface area contributed by atoms with Crippen molar-refractivity contribution in [3.05, 3.63) is 53.0 Å². The molecule has 0 fully saturated rings. The van der Waals surface area contributed by atoms with Gasteiger partial charge in [-0.15, -0.1) is 0 Å². The molecule has 0 aliphatic carbocycles. The summed E-state index contributed by atoms with van der Waals surface area (Å²) in [7, 11) is 1.28. The zero-order valence-corrected chi connectivity index (χ0v) is 14.4. The second-order valence-electron chi connectivity index (χ2n) is 5.47. The summed E-state index contributed by atoms with van der Waals surface area (Å²) in [6.45, 7) is -1.08. The van der Waals surface area contributed by atoms with Crippen LogP contribution >= 0.6 is 0 Å². The maximum Gasteiger partial charge on any atom is 0.387 e. The standard InChI is InChI=1S/C18H19F2NO5/c1-11-15(17(23)24-2)9-14(25-11)10-21-16(22)8-5-12-3-6-13(7-4-12)26-18(19)20/h3-4,6-7,9,18H,5,8,10H2,1-2H3,(H,21,22). The van der Waals surface area contributed by atoms with Crippen LogP contribution in [0.5, 0.6) is 5.75 Å². The first kappa shape index (κ1) is 19.4. The fraction of sp³-hybridized carbons (Fsp3) is 0.333. The number of carbonyl (C=O) groups is 2. The van der Waals surface area contributed by atoms with Gasteiger partial charge in [0.05, 0.1) is 13.7 Å². The SMILES string of the molecule is COC(=O)c1cc(CNC(=O)CCc2ccc(OC(F)F)cc2)oc1C. The molecular weight excluding hydrogens is 348 g/mol. The lowest BCUT2D eigenvalue weighted by atomic mass is 10.1. The molecule has 0 aliphatic heterocycles. The van der Waals surface area contributed by atoms with Crippen molar-refractivity contribution >= 4 is 11.9 Å². The van der Waals surface area contributed by atoms with Crippen LogP contribution in [0.2, 0.25) is 0 Å². The van der Waals surface area contributed by atoms with Gasteiger partial charge < -0.3 is 19.2 Å². The fourth-order valence-corrected chi connectivity index (χ4v) is 2.31. The summed E-state index contributed by atoms with van der Waals surface area (Å²) in [6, 6.07) is 7.65. The van der Waals surface area contributed by atoms with Crippen LogP contribution in [0.1, 0.15) is 33.9 Å². The number of alkyl halides is 2. The van der Waals surface area contributed by atoms with Gasteiger partial charge >= 0.3 is 12.6 Å².